The Morgan fingerprint density at radius 3 is 1.86 bits per heavy atom. The van der Waals surface area contributed by atoms with Crippen molar-refractivity contribution in [2.45, 2.75) is 20.8 Å². The van der Waals surface area contributed by atoms with E-state index in [-0.39, 0.29) is 11.3 Å². The Labute approximate surface area is 118 Å². The van der Waals surface area contributed by atoms with Crippen LogP contribution in [0.15, 0.2) is 6.07 Å². The quantitative estimate of drug-likeness (QED) is 0.639. The first-order valence-corrected chi connectivity index (χ1v) is 5.66. The van der Waals surface area contributed by atoms with Gasteiger partial charge in [0.25, 0.3) is 5.69 Å². The third kappa shape index (κ3) is 3.49. The van der Waals surface area contributed by atoms with E-state index in [2.05, 4.69) is 10.6 Å². The van der Waals surface area contributed by atoms with Gasteiger partial charge in [0, 0.05) is 19.9 Å². The van der Waals surface area contributed by atoms with Gasteiger partial charge in [0.2, 0.25) is 17.5 Å². The van der Waals surface area contributed by atoms with Crippen molar-refractivity contribution in [3.05, 3.63) is 31.9 Å². The largest absolute Gasteiger partial charge is 0.323 e. The second-order valence-electron chi connectivity index (χ2n) is 4.19. The molecule has 0 radical (unpaired) electrons. The van der Waals surface area contributed by atoms with Crippen LogP contribution in [0.2, 0.25) is 0 Å². The number of nitro benzene ring substituents is 2. The molecule has 112 valence electrons. The molecule has 0 aliphatic heterocycles. The summed E-state index contributed by atoms with van der Waals surface area (Å²) in [6, 6.07) is 1.05. The van der Waals surface area contributed by atoms with Gasteiger partial charge in [-0.2, -0.15) is 0 Å². The van der Waals surface area contributed by atoms with Crippen LogP contribution in [-0.4, -0.2) is 21.7 Å². The van der Waals surface area contributed by atoms with Crippen LogP contribution < -0.4 is 10.6 Å². The summed E-state index contributed by atoms with van der Waals surface area (Å²) >= 11 is 0. The van der Waals surface area contributed by atoms with E-state index >= 15 is 0 Å². The van der Waals surface area contributed by atoms with Gasteiger partial charge in [-0.05, 0) is 12.5 Å². The van der Waals surface area contributed by atoms with Crippen LogP contribution in [0.25, 0.3) is 0 Å². The minimum Gasteiger partial charge on any atom is -0.320 e. The average Bonchev–Trinajstić information content (AvgIpc) is 2.30. The molecule has 0 saturated carbocycles. The lowest BCUT2D eigenvalue weighted by Crippen LogP contribution is -2.15. The lowest BCUT2D eigenvalue weighted by molar-refractivity contribution is -0.391. The molecule has 0 bridgehead atoms. The number of carbonyl (C=O) groups is 2. The molecule has 10 heteroatoms. The van der Waals surface area contributed by atoms with E-state index in [4.69, 9.17) is 0 Å². The number of carbonyl (C=O) groups excluding carboxylic acids is 2. The van der Waals surface area contributed by atoms with Crippen molar-refractivity contribution < 1.29 is 19.4 Å². The first-order valence-electron chi connectivity index (χ1n) is 5.66. The summed E-state index contributed by atoms with van der Waals surface area (Å²) in [6.45, 7) is 3.58. The molecule has 0 saturated heterocycles. The van der Waals surface area contributed by atoms with Gasteiger partial charge in [0.15, 0.2) is 0 Å². The minimum absolute atomic E-state index is 0.137. The number of aryl methyl sites for hydroxylation is 1. The molecule has 2 amide bonds. The highest BCUT2D eigenvalue weighted by atomic mass is 16.6. The second-order valence-corrected chi connectivity index (χ2v) is 4.19. The fourth-order valence-corrected chi connectivity index (χ4v) is 1.74. The maximum Gasteiger partial charge on any atom is 0.323 e. The normalized spacial score (nSPS) is 9.86. The molecular formula is C11H12N4O6. The minimum atomic E-state index is -0.892. The van der Waals surface area contributed by atoms with Crippen molar-refractivity contribution in [1.82, 2.24) is 0 Å². The van der Waals surface area contributed by atoms with Gasteiger partial charge in [0.05, 0.1) is 9.85 Å². The van der Waals surface area contributed by atoms with Crippen molar-refractivity contribution in [2.24, 2.45) is 0 Å². The predicted molar refractivity (Wildman–Crippen MR) is 73.1 cm³/mol. The zero-order valence-electron chi connectivity index (χ0n) is 11.4. The highest BCUT2D eigenvalue weighted by Crippen LogP contribution is 2.42. The fraction of sp³-hybridized carbons (Fsp3) is 0.273. The summed E-state index contributed by atoms with van der Waals surface area (Å²) in [7, 11) is 0. The highest BCUT2D eigenvalue weighted by molar-refractivity contribution is 6.01. The standard InChI is InChI=1S/C11H12N4O6/c1-5-4-8(14(18)19)10(13-7(3)17)11(15(20)21)9(5)12-6(2)16/h4H,1-3H3,(H,12,16)(H,13,17). The summed E-state index contributed by atoms with van der Waals surface area (Å²) in [5.41, 5.74) is -1.97. The van der Waals surface area contributed by atoms with Crippen molar-refractivity contribution in [1.29, 1.82) is 0 Å². The first kappa shape index (κ1) is 16.0. The Bertz CT molecular complexity index is 655. The third-order valence-corrected chi connectivity index (χ3v) is 2.46. The Morgan fingerprint density at radius 1 is 1.00 bits per heavy atom. The summed E-state index contributed by atoms with van der Waals surface area (Å²) in [5.74, 6) is -1.29. The molecule has 0 spiro atoms. The Hall–Kier alpha value is -3.04. The summed E-state index contributed by atoms with van der Waals surface area (Å²) in [6.07, 6.45) is 0. The molecule has 0 fully saturated rings. The predicted octanol–water partition coefficient (Wildman–Crippen LogP) is 1.73. The van der Waals surface area contributed by atoms with Crippen molar-refractivity contribution in [3.63, 3.8) is 0 Å². The average molecular weight is 296 g/mol. The first-order chi connectivity index (χ1) is 9.65. The second kappa shape index (κ2) is 5.94. The van der Waals surface area contributed by atoms with Gasteiger partial charge in [-0.15, -0.1) is 0 Å². The molecule has 0 aromatic heterocycles. The Kier molecular flexibility index (Phi) is 4.53. The maximum absolute atomic E-state index is 11.2. The van der Waals surface area contributed by atoms with Gasteiger partial charge in [0.1, 0.15) is 5.69 Å². The number of hydrogen-bond donors (Lipinski definition) is 2. The number of benzene rings is 1. The molecule has 0 aliphatic carbocycles. The van der Waals surface area contributed by atoms with Crippen LogP contribution in [0.1, 0.15) is 19.4 Å². The number of nitrogens with zero attached hydrogens (tertiary/aromatic N) is 2. The summed E-state index contributed by atoms with van der Waals surface area (Å²) in [4.78, 5) is 42.8. The molecule has 10 nitrogen and oxygen atoms in total. The van der Waals surface area contributed by atoms with Crippen LogP contribution in [-0.2, 0) is 9.59 Å². The van der Waals surface area contributed by atoms with E-state index in [0.29, 0.717) is 0 Å². The van der Waals surface area contributed by atoms with E-state index in [9.17, 15) is 29.8 Å². The van der Waals surface area contributed by atoms with Crippen LogP contribution >= 0.6 is 0 Å². The van der Waals surface area contributed by atoms with E-state index in [0.717, 1.165) is 19.9 Å². The monoisotopic (exact) mass is 296 g/mol. The maximum atomic E-state index is 11.2. The third-order valence-electron chi connectivity index (χ3n) is 2.46. The molecule has 21 heavy (non-hydrogen) atoms. The van der Waals surface area contributed by atoms with Crippen molar-refractivity contribution >= 4 is 34.6 Å². The highest BCUT2D eigenvalue weighted by Gasteiger charge is 2.32. The van der Waals surface area contributed by atoms with E-state index in [1.807, 2.05) is 0 Å². The molecule has 0 heterocycles. The number of rotatable bonds is 4. The fourth-order valence-electron chi connectivity index (χ4n) is 1.74. The Balaban J connectivity index is 3.75. The number of hydrogen-bond acceptors (Lipinski definition) is 6. The van der Waals surface area contributed by atoms with E-state index < -0.39 is 38.7 Å². The van der Waals surface area contributed by atoms with Gasteiger partial charge in [-0.1, -0.05) is 0 Å². The van der Waals surface area contributed by atoms with Gasteiger partial charge < -0.3 is 10.6 Å². The Morgan fingerprint density at radius 2 is 1.48 bits per heavy atom. The van der Waals surface area contributed by atoms with E-state index in [1.165, 1.54) is 6.92 Å². The zero-order chi connectivity index (χ0) is 16.3. The molecule has 0 unspecified atom stereocenters. The smallest absolute Gasteiger partial charge is 0.320 e. The van der Waals surface area contributed by atoms with Gasteiger partial charge in [-0.25, -0.2) is 0 Å². The number of nitro groups is 2. The topological polar surface area (TPSA) is 144 Å². The molecule has 1 aromatic carbocycles. The summed E-state index contributed by atoms with van der Waals surface area (Å²) in [5, 5.41) is 26.5. The van der Waals surface area contributed by atoms with Crippen LogP contribution in [0.3, 0.4) is 0 Å². The molecule has 0 aliphatic rings. The molecule has 1 rings (SSSR count). The van der Waals surface area contributed by atoms with Gasteiger partial charge >= 0.3 is 5.69 Å². The van der Waals surface area contributed by atoms with Gasteiger partial charge in [-0.3, -0.25) is 29.8 Å². The SMILES string of the molecule is CC(=O)Nc1c(C)cc([N+](=O)[O-])c(NC(C)=O)c1[N+](=O)[O-]. The number of nitrogens with one attached hydrogen (secondary N) is 2. The molecular weight excluding hydrogens is 284 g/mol. The molecule has 0 atom stereocenters. The number of amides is 2. The lowest BCUT2D eigenvalue weighted by Gasteiger charge is -2.12. The lowest BCUT2D eigenvalue weighted by atomic mass is 10.1. The van der Waals surface area contributed by atoms with Crippen LogP contribution in [0, 0.1) is 27.2 Å². The molecule has 1 aromatic rings. The molecule has 2 N–H and O–H groups in total. The zero-order valence-corrected chi connectivity index (χ0v) is 11.4. The van der Waals surface area contributed by atoms with Crippen LogP contribution in [0.5, 0.6) is 0 Å². The van der Waals surface area contributed by atoms with Crippen molar-refractivity contribution in [2.75, 3.05) is 10.6 Å². The van der Waals surface area contributed by atoms with Crippen molar-refractivity contribution in [3.8, 4) is 0 Å². The van der Waals surface area contributed by atoms with E-state index in [1.54, 1.807) is 0 Å². The summed E-state index contributed by atoms with van der Waals surface area (Å²) < 4.78 is 0. The van der Waals surface area contributed by atoms with Crippen LogP contribution in [0.4, 0.5) is 22.7 Å². The number of anilines is 2.